The van der Waals surface area contributed by atoms with Gasteiger partial charge in [-0.05, 0) is 24.6 Å². The fraction of sp³-hybridized carbons (Fsp3) is 0.562. The van der Waals surface area contributed by atoms with Crippen molar-refractivity contribution >= 4 is 5.91 Å². The molecule has 1 aromatic rings. The van der Waals surface area contributed by atoms with E-state index in [9.17, 15) is 18.0 Å². The maximum Gasteiger partial charge on any atom is 0.403 e. The van der Waals surface area contributed by atoms with Gasteiger partial charge < -0.3 is 9.64 Å². The van der Waals surface area contributed by atoms with Crippen LogP contribution >= 0.6 is 0 Å². The van der Waals surface area contributed by atoms with Crippen molar-refractivity contribution in [2.24, 2.45) is 0 Å². The molecule has 0 unspecified atom stereocenters. The van der Waals surface area contributed by atoms with Crippen LogP contribution in [0.15, 0.2) is 24.3 Å². The Morgan fingerprint density at radius 2 is 1.91 bits per heavy atom. The molecule has 2 rings (SSSR count). The minimum Gasteiger partial charge on any atom is -0.380 e. The SMILES string of the molecule is COCc1cccc(C(=O)N2CCN([C@@H](C)C(F)(F)F)CC2)c1. The minimum atomic E-state index is -4.24. The highest BCUT2D eigenvalue weighted by atomic mass is 19.4. The van der Waals surface area contributed by atoms with E-state index >= 15 is 0 Å². The summed E-state index contributed by atoms with van der Waals surface area (Å²) in [6.07, 6.45) is -4.24. The van der Waals surface area contributed by atoms with Crippen LogP contribution in [-0.2, 0) is 11.3 Å². The van der Waals surface area contributed by atoms with Gasteiger partial charge in [-0.2, -0.15) is 13.2 Å². The van der Waals surface area contributed by atoms with Crippen molar-refractivity contribution in [2.45, 2.75) is 25.7 Å². The number of carbonyl (C=O) groups is 1. The zero-order chi connectivity index (χ0) is 17.0. The second kappa shape index (κ2) is 7.31. The van der Waals surface area contributed by atoms with Gasteiger partial charge in [0.15, 0.2) is 0 Å². The summed E-state index contributed by atoms with van der Waals surface area (Å²) in [6.45, 7) is 2.62. The zero-order valence-corrected chi connectivity index (χ0v) is 13.3. The van der Waals surface area contributed by atoms with Gasteiger partial charge in [-0.15, -0.1) is 0 Å². The molecule has 0 aromatic heterocycles. The third-order valence-corrected chi connectivity index (χ3v) is 4.11. The first-order valence-corrected chi connectivity index (χ1v) is 7.51. The first-order chi connectivity index (χ1) is 10.8. The Morgan fingerprint density at radius 1 is 1.26 bits per heavy atom. The van der Waals surface area contributed by atoms with Crippen molar-refractivity contribution in [3.05, 3.63) is 35.4 Å². The van der Waals surface area contributed by atoms with Crippen molar-refractivity contribution in [2.75, 3.05) is 33.3 Å². The Kier molecular flexibility index (Phi) is 5.64. The van der Waals surface area contributed by atoms with Gasteiger partial charge in [0.25, 0.3) is 5.91 Å². The molecule has 23 heavy (non-hydrogen) atoms. The predicted octanol–water partition coefficient (Wildman–Crippen LogP) is 2.54. The van der Waals surface area contributed by atoms with Crippen molar-refractivity contribution in [1.82, 2.24) is 9.80 Å². The molecule has 1 amide bonds. The highest BCUT2D eigenvalue weighted by molar-refractivity contribution is 5.94. The van der Waals surface area contributed by atoms with Gasteiger partial charge in [-0.25, -0.2) is 0 Å². The lowest BCUT2D eigenvalue weighted by Gasteiger charge is -2.38. The highest BCUT2D eigenvalue weighted by Crippen LogP contribution is 2.25. The molecule has 128 valence electrons. The van der Waals surface area contributed by atoms with Crippen LogP contribution in [0.4, 0.5) is 13.2 Å². The van der Waals surface area contributed by atoms with Gasteiger partial charge >= 0.3 is 6.18 Å². The number of hydrogen-bond acceptors (Lipinski definition) is 3. The molecule has 1 heterocycles. The molecule has 0 aliphatic carbocycles. The number of ether oxygens (including phenoxy) is 1. The van der Waals surface area contributed by atoms with Crippen molar-refractivity contribution < 1.29 is 22.7 Å². The summed E-state index contributed by atoms with van der Waals surface area (Å²) in [7, 11) is 1.58. The lowest BCUT2D eigenvalue weighted by atomic mass is 10.1. The molecule has 0 radical (unpaired) electrons. The van der Waals surface area contributed by atoms with Crippen molar-refractivity contribution in [3.8, 4) is 0 Å². The van der Waals surface area contributed by atoms with Crippen molar-refractivity contribution in [1.29, 1.82) is 0 Å². The topological polar surface area (TPSA) is 32.8 Å². The normalized spacial score (nSPS) is 18.0. The van der Waals surface area contributed by atoms with Gasteiger partial charge in [-0.1, -0.05) is 12.1 Å². The Bertz CT molecular complexity index is 540. The number of piperazine rings is 1. The van der Waals surface area contributed by atoms with E-state index in [0.717, 1.165) is 12.5 Å². The summed E-state index contributed by atoms with van der Waals surface area (Å²) in [6, 6.07) is 5.64. The van der Waals surface area contributed by atoms with Crippen LogP contribution in [0, 0.1) is 0 Å². The maximum atomic E-state index is 12.7. The van der Waals surface area contributed by atoms with Crippen LogP contribution in [0.3, 0.4) is 0 Å². The molecule has 7 heteroatoms. The average Bonchev–Trinajstić information content (AvgIpc) is 2.53. The number of carbonyl (C=O) groups excluding carboxylic acids is 1. The van der Waals surface area contributed by atoms with Gasteiger partial charge in [-0.3, -0.25) is 9.69 Å². The number of benzene rings is 1. The van der Waals surface area contributed by atoms with E-state index < -0.39 is 12.2 Å². The summed E-state index contributed by atoms with van der Waals surface area (Å²) < 4.78 is 43.3. The molecule has 1 aliphatic heterocycles. The molecular weight excluding hydrogens is 309 g/mol. The lowest BCUT2D eigenvalue weighted by molar-refractivity contribution is -0.181. The minimum absolute atomic E-state index is 0.151. The van der Waals surface area contributed by atoms with Crippen LogP contribution in [0.5, 0.6) is 0 Å². The predicted molar refractivity (Wildman–Crippen MR) is 80.1 cm³/mol. The second-order valence-electron chi connectivity index (χ2n) is 5.68. The Morgan fingerprint density at radius 3 is 2.48 bits per heavy atom. The first kappa shape index (κ1) is 17.7. The van der Waals surface area contributed by atoms with Crippen LogP contribution in [0.25, 0.3) is 0 Å². The summed E-state index contributed by atoms with van der Waals surface area (Å²) in [5.74, 6) is -0.151. The van der Waals surface area contributed by atoms with Gasteiger partial charge in [0.2, 0.25) is 0 Å². The second-order valence-corrected chi connectivity index (χ2v) is 5.68. The molecule has 0 bridgehead atoms. The number of rotatable bonds is 4. The molecule has 1 aliphatic rings. The average molecular weight is 330 g/mol. The van der Waals surface area contributed by atoms with E-state index in [-0.39, 0.29) is 19.0 Å². The molecule has 1 fully saturated rings. The zero-order valence-electron chi connectivity index (χ0n) is 13.3. The number of alkyl halides is 3. The molecule has 1 saturated heterocycles. The molecular formula is C16H21F3N2O2. The fourth-order valence-corrected chi connectivity index (χ4v) is 2.66. The van der Waals surface area contributed by atoms with E-state index in [1.54, 1.807) is 30.2 Å². The van der Waals surface area contributed by atoms with Crippen molar-refractivity contribution in [3.63, 3.8) is 0 Å². The third kappa shape index (κ3) is 4.45. The number of amides is 1. The third-order valence-electron chi connectivity index (χ3n) is 4.11. The largest absolute Gasteiger partial charge is 0.403 e. The number of halogens is 3. The summed E-state index contributed by atoms with van der Waals surface area (Å²) in [5.41, 5.74) is 1.43. The van der Waals surface area contributed by atoms with E-state index in [1.165, 1.54) is 4.90 Å². The lowest BCUT2D eigenvalue weighted by Crippen LogP contribution is -2.54. The van der Waals surface area contributed by atoms with E-state index in [1.807, 2.05) is 6.07 Å². The molecule has 0 spiro atoms. The summed E-state index contributed by atoms with van der Waals surface area (Å²) in [5, 5.41) is 0. The summed E-state index contributed by atoms with van der Waals surface area (Å²) >= 11 is 0. The van der Waals surface area contributed by atoms with Crippen LogP contribution in [-0.4, -0.2) is 61.2 Å². The van der Waals surface area contributed by atoms with Gasteiger partial charge in [0.05, 0.1) is 6.61 Å². The van der Waals surface area contributed by atoms with E-state index in [2.05, 4.69) is 0 Å². The monoisotopic (exact) mass is 330 g/mol. The number of hydrogen-bond donors (Lipinski definition) is 0. The quantitative estimate of drug-likeness (QED) is 0.850. The van der Waals surface area contributed by atoms with Gasteiger partial charge in [0.1, 0.15) is 6.04 Å². The Labute approximate surface area is 133 Å². The fourth-order valence-electron chi connectivity index (χ4n) is 2.66. The van der Waals surface area contributed by atoms with E-state index in [0.29, 0.717) is 25.3 Å². The first-order valence-electron chi connectivity index (χ1n) is 7.51. The Balaban J connectivity index is 1.97. The summed E-state index contributed by atoms with van der Waals surface area (Å²) in [4.78, 5) is 15.4. The highest BCUT2D eigenvalue weighted by Gasteiger charge is 2.41. The maximum absolute atomic E-state index is 12.7. The van der Waals surface area contributed by atoms with E-state index in [4.69, 9.17) is 4.74 Å². The molecule has 1 aromatic carbocycles. The standard InChI is InChI=1S/C16H21F3N2O2/c1-12(16(17,18)19)20-6-8-21(9-7-20)15(22)14-5-3-4-13(10-14)11-23-2/h3-5,10,12H,6-9,11H2,1-2H3/t12-/m0/s1. The van der Waals surface area contributed by atoms with Crippen LogP contribution in [0.1, 0.15) is 22.8 Å². The number of methoxy groups -OCH3 is 1. The smallest absolute Gasteiger partial charge is 0.380 e. The van der Waals surface area contributed by atoms with Crippen LogP contribution < -0.4 is 0 Å². The molecule has 4 nitrogen and oxygen atoms in total. The molecule has 1 atom stereocenters. The van der Waals surface area contributed by atoms with Crippen LogP contribution in [0.2, 0.25) is 0 Å². The number of nitrogens with zero attached hydrogens (tertiary/aromatic N) is 2. The molecule has 0 N–H and O–H groups in total. The Hall–Kier alpha value is -1.60. The van der Waals surface area contributed by atoms with Gasteiger partial charge in [0, 0.05) is 38.9 Å². The molecule has 0 saturated carbocycles.